The Morgan fingerprint density at radius 2 is 1.80 bits per heavy atom. The maximum Gasteiger partial charge on any atom is 0.0451 e. The summed E-state index contributed by atoms with van der Waals surface area (Å²) in [5, 5.41) is 3.10. The van der Waals surface area contributed by atoms with Crippen LogP contribution in [0.4, 0.5) is 0 Å². The second-order valence-electron chi connectivity index (χ2n) is 6.85. The van der Waals surface area contributed by atoms with Gasteiger partial charge in [-0.1, -0.05) is 67.1 Å². The number of nitrogens with zero attached hydrogens (tertiary/aromatic N) is 1. The number of hydrogen-bond acceptors (Lipinski definition) is 2. The first-order chi connectivity index (χ1) is 12.2. The van der Waals surface area contributed by atoms with Crippen molar-refractivity contribution in [1.82, 2.24) is 4.90 Å². The van der Waals surface area contributed by atoms with Crippen molar-refractivity contribution in [2.75, 3.05) is 0 Å². The average Bonchev–Trinajstić information content (AvgIpc) is 3.10. The first kappa shape index (κ1) is 16.8. The molecular formula is C22H22ClNS. The number of benzene rings is 2. The van der Waals surface area contributed by atoms with E-state index in [9.17, 15) is 0 Å². The van der Waals surface area contributed by atoms with Crippen LogP contribution < -0.4 is 0 Å². The first-order valence-corrected chi connectivity index (χ1v) is 10.1. The van der Waals surface area contributed by atoms with Crippen molar-refractivity contribution >= 4 is 22.9 Å². The average molecular weight is 368 g/mol. The molecule has 0 aliphatic carbocycles. The van der Waals surface area contributed by atoms with E-state index in [1.54, 1.807) is 4.88 Å². The topological polar surface area (TPSA) is 3.24 Å². The molecule has 2 aromatic carbocycles. The molecule has 2 atom stereocenters. The molecule has 4 rings (SSSR count). The van der Waals surface area contributed by atoms with Crippen molar-refractivity contribution in [1.29, 1.82) is 0 Å². The molecule has 0 radical (unpaired) electrons. The van der Waals surface area contributed by atoms with Crippen LogP contribution in [0.3, 0.4) is 0 Å². The normalized spacial score (nSPS) is 20.4. The number of halogens is 1. The van der Waals surface area contributed by atoms with Crippen LogP contribution in [0.2, 0.25) is 5.02 Å². The zero-order chi connectivity index (χ0) is 17.2. The van der Waals surface area contributed by atoms with E-state index in [2.05, 4.69) is 65.7 Å². The lowest BCUT2D eigenvalue weighted by atomic mass is 9.87. The van der Waals surface area contributed by atoms with Crippen molar-refractivity contribution in [3.63, 3.8) is 0 Å². The van der Waals surface area contributed by atoms with Crippen LogP contribution >= 0.6 is 22.9 Å². The van der Waals surface area contributed by atoms with Gasteiger partial charge < -0.3 is 0 Å². The third kappa shape index (κ3) is 3.52. The van der Waals surface area contributed by atoms with Crippen molar-refractivity contribution in [3.8, 4) is 0 Å². The van der Waals surface area contributed by atoms with Crippen molar-refractivity contribution in [2.45, 2.75) is 38.4 Å². The second-order valence-corrected chi connectivity index (χ2v) is 8.21. The summed E-state index contributed by atoms with van der Waals surface area (Å²) in [6, 6.07) is 21.8. The van der Waals surface area contributed by atoms with Crippen LogP contribution in [0.15, 0.2) is 66.0 Å². The van der Waals surface area contributed by atoms with Gasteiger partial charge in [0.25, 0.3) is 0 Å². The molecule has 1 aliphatic rings. The van der Waals surface area contributed by atoms with Crippen LogP contribution in [-0.2, 0) is 19.5 Å². The van der Waals surface area contributed by atoms with Crippen molar-refractivity contribution < 1.29 is 0 Å². The smallest absolute Gasteiger partial charge is 0.0451 e. The molecule has 1 nitrogen and oxygen atoms in total. The first-order valence-electron chi connectivity index (χ1n) is 8.80. The molecule has 0 saturated heterocycles. The van der Waals surface area contributed by atoms with Crippen LogP contribution in [0.1, 0.15) is 34.4 Å². The molecule has 3 aromatic rings. The van der Waals surface area contributed by atoms with Gasteiger partial charge in [0.15, 0.2) is 0 Å². The molecule has 0 N–H and O–H groups in total. The number of rotatable bonds is 4. The Balaban J connectivity index is 1.65. The second kappa shape index (κ2) is 7.33. The van der Waals surface area contributed by atoms with E-state index in [1.807, 2.05) is 23.5 Å². The lowest BCUT2D eigenvalue weighted by Gasteiger charge is -2.40. The van der Waals surface area contributed by atoms with Gasteiger partial charge in [-0.15, -0.1) is 11.3 Å². The van der Waals surface area contributed by atoms with Crippen molar-refractivity contribution in [2.24, 2.45) is 0 Å². The number of thiophene rings is 1. The summed E-state index contributed by atoms with van der Waals surface area (Å²) in [5.41, 5.74) is 4.10. The molecule has 1 aromatic heterocycles. The molecule has 128 valence electrons. The van der Waals surface area contributed by atoms with Crippen LogP contribution in [0.5, 0.6) is 0 Å². The van der Waals surface area contributed by atoms with Crippen molar-refractivity contribution in [3.05, 3.63) is 92.6 Å². The van der Waals surface area contributed by atoms with Crippen LogP contribution in [0, 0.1) is 0 Å². The minimum atomic E-state index is 0.491. The Labute approximate surface area is 158 Å². The highest BCUT2D eigenvalue weighted by atomic mass is 35.5. The van der Waals surface area contributed by atoms with Gasteiger partial charge in [0.2, 0.25) is 0 Å². The Morgan fingerprint density at radius 3 is 2.60 bits per heavy atom. The van der Waals surface area contributed by atoms with E-state index >= 15 is 0 Å². The molecule has 3 heteroatoms. The van der Waals surface area contributed by atoms with Gasteiger partial charge >= 0.3 is 0 Å². The van der Waals surface area contributed by atoms with E-state index < -0.39 is 0 Å². The zero-order valence-electron chi connectivity index (χ0n) is 14.4. The predicted octanol–water partition coefficient (Wildman–Crippen LogP) is 6.13. The molecular weight excluding hydrogens is 346 g/mol. The fraction of sp³-hybridized carbons (Fsp3) is 0.273. The van der Waals surface area contributed by atoms with Crippen LogP contribution in [-0.4, -0.2) is 10.9 Å². The SMILES string of the molecule is CC1c2sccc2CN(Cc2ccccc2Cl)C1Cc1ccccc1. The lowest BCUT2D eigenvalue weighted by Crippen LogP contribution is -2.42. The summed E-state index contributed by atoms with van der Waals surface area (Å²) >= 11 is 8.35. The minimum absolute atomic E-state index is 0.491. The van der Waals surface area contributed by atoms with Gasteiger partial charge in [-0.2, -0.15) is 0 Å². The van der Waals surface area contributed by atoms with Crippen LogP contribution in [0.25, 0.3) is 0 Å². The van der Waals surface area contributed by atoms with E-state index in [-0.39, 0.29) is 0 Å². The Morgan fingerprint density at radius 1 is 1.04 bits per heavy atom. The largest absolute Gasteiger partial charge is 0.291 e. The zero-order valence-corrected chi connectivity index (χ0v) is 15.9. The molecule has 0 bridgehead atoms. The molecule has 2 unspecified atom stereocenters. The van der Waals surface area contributed by atoms with Gasteiger partial charge in [-0.05, 0) is 40.6 Å². The summed E-state index contributed by atoms with van der Waals surface area (Å²) in [6.07, 6.45) is 1.07. The Bertz CT molecular complexity index is 842. The molecule has 0 spiro atoms. The standard InChI is InChI=1S/C22H22ClNS/c1-16-21(13-17-7-3-2-4-8-17)24(15-19-11-12-25-22(16)19)14-18-9-5-6-10-20(18)23/h2-12,16,21H,13-15H2,1H3. The van der Waals surface area contributed by atoms with Gasteiger partial charge in [-0.25, -0.2) is 0 Å². The minimum Gasteiger partial charge on any atom is -0.291 e. The maximum absolute atomic E-state index is 6.44. The highest BCUT2D eigenvalue weighted by Crippen LogP contribution is 2.39. The summed E-state index contributed by atoms with van der Waals surface area (Å²) in [4.78, 5) is 4.16. The third-order valence-corrected chi connectivity index (χ3v) is 6.76. The monoisotopic (exact) mass is 367 g/mol. The van der Waals surface area contributed by atoms with Gasteiger partial charge in [0.1, 0.15) is 0 Å². The maximum atomic E-state index is 6.44. The van der Waals surface area contributed by atoms with Gasteiger partial charge in [0.05, 0.1) is 0 Å². The number of hydrogen-bond donors (Lipinski definition) is 0. The molecule has 25 heavy (non-hydrogen) atoms. The number of fused-ring (bicyclic) bond motifs is 1. The molecule has 0 fully saturated rings. The fourth-order valence-electron chi connectivity index (χ4n) is 3.88. The van der Waals surface area contributed by atoms with Gasteiger partial charge in [0, 0.05) is 34.9 Å². The van der Waals surface area contributed by atoms with Gasteiger partial charge in [-0.3, -0.25) is 4.90 Å². The predicted molar refractivity (Wildman–Crippen MR) is 107 cm³/mol. The molecule has 0 saturated carbocycles. The fourth-order valence-corrected chi connectivity index (χ4v) is 5.11. The highest BCUT2D eigenvalue weighted by Gasteiger charge is 2.33. The molecule has 2 heterocycles. The van der Waals surface area contributed by atoms with E-state index in [4.69, 9.17) is 11.6 Å². The van der Waals surface area contributed by atoms with E-state index in [1.165, 1.54) is 16.7 Å². The third-order valence-electron chi connectivity index (χ3n) is 5.23. The summed E-state index contributed by atoms with van der Waals surface area (Å²) in [5.74, 6) is 0.534. The van der Waals surface area contributed by atoms with E-state index in [0.29, 0.717) is 12.0 Å². The lowest BCUT2D eigenvalue weighted by molar-refractivity contribution is 0.142. The quantitative estimate of drug-likeness (QED) is 0.536. The Kier molecular flexibility index (Phi) is 4.93. The molecule has 0 amide bonds. The highest BCUT2D eigenvalue weighted by molar-refractivity contribution is 7.10. The van der Waals surface area contributed by atoms with E-state index in [0.717, 1.165) is 24.5 Å². The summed E-state index contributed by atoms with van der Waals surface area (Å²) < 4.78 is 0. The molecule has 1 aliphatic heterocycles. The Hall–Kier alpha value is -1.61. The summed E-state index contributed by atoms with van der Waals surface area (Å²) in [7, 11) is 0. The summed E-state index contributed by atoms with van der Waals surface area (Å²) in [6.45, 7) is 4.28.